The van der Waals surface area contributed by atoms with Crippen LogP contribution in [0.5, 0.6) is 0 Å². The first kappa shape index (κ1) is 26.9. The lowest BCUT2D eigenvalue weighted by Crippen LogP contribution is -2.56. The van der Waals surface area contributed by atoms with Gasteiger partial charge in [0, 0.05) is 54.0 Å². The van der Waals surface area contributed by atoms with E-state index in [1.54, 1.807) is 54.4 Å². The fourth-order valence-corrected chi connectivity index (χ4v) is 6.35. The van der Waals surface area contributed by atoms with Crippen molar-refractivity contribution in [1.29, 1.82) is 0 Å². The maximum atomic E-state index is 13.3. The van der Waals surface area contributed by atoms with Crippen molar-refractivity contribution in [3.63, 3.8) is 0 Å². The summed E-state index contributed by atoms with van der Waals surface area (Å²) in [5.74, 6) is -1.02. The highest BCUT2D eigenvalue weighted by atomic mass is 35.5. The molecule has 3 aromatic rings. The SMILES string of the molecule is CCOC(=O)CC1CN(c2ccnc(C)c2)CCN1C(=O)CCS(=O)(=O)c1cccc2cc(Cl)ccc12. The van der Waals surface area contributed by atoms with Crippen LogP contribution in [0, 0.1) is 6.92 Å². The quantitative estimate of drug-likeness (QED) is 0.396. The van der Waals surface area contributed by atoms with Crippen LogP contribution in [0.1, 0.15) is 25.5 Å². The highest BCUT2D eigenvalue weighted by Crippen LogP contribution is 2.27. The lowest BCUT2D eigenvalue weighted by atomic mass is 10.1. The van der Waals surface area contributed by atoms with Gasteiger partial charge in [-0.25, -0.2) is 8.42 Å². The molecule has 1 atom stereocenters. The van der Waals surface area contributed by atoms with E-state index in [9.17, 15) is 18.0 Å². The number of ether oxygens (including phenoxy) is 1. The number of aryl methyl sites for hydroxylation is 1. The number of nitrogens with zero attached hydrogens (tertiary/aromatic N) is 3. The van der Waals surface area contributed by atoms with E-state index in [1.807, 2.05) is 19.1 Å². The Morgan fingerprint density at radius 2 is 1.95 bits per heavy atom. The number of carbonyl (C=O) groups excluding carboxylic acids is 2. The molecule has 10 heteroatoms. The van der Waals surface area contributed by atoms with Gasteiger partial charge in [0.05, 0.1) is 29.7 Å². The lowest BCUT2D eigenvalue weighted by molar-refractivity contribution is -0.146. The van der Waals surface area contributed by atoms with Gasteiger partial charge in [-0.15, -0.1) is 0 Å². The number of carbonyl (C=O) groups is 2. The topological polar surface area (TPSA) is 96.9 Å². The zero-order valence-corrected chi connectivity index (χ0v) is 22.5. The third-order valence-electron chi connectivity index (χ3n) is 6.48. The van der Waals surface area contributed by atoms with Gasteiger partial charge >= 0.3 is 5.97 Å². The van der Waals surface area contributed by atoms with E-state index in [1.165, 1.54) is 0 Å². The molecule has 0 saturated carbocycles. The molecule has 1 aromatic heterocycles. The van der Waals surface area contributed by atoms with Gasteiger partial charge < -0.3 is 14.5 Å². The molecule has 196 valence electrons. The molecule has 1 amide bonds. The van der Waals surface area contributed by atoms with Crippen molar-refractivity contribution in [2.75, 3.05) is 36.9 Å². The molecule has 2 heterocycles. The Kier molecular flexibility index (Phi) is 8.34. The molecule has 1 unspecified atom stereocenters. The van der Waals surface area contributed by atoms with Crippen molar-refractivity contribution >= 4 is 49.8 Å². The summed E-state index contributed by atoms with van der Waals surface area (Å²) in [5, 5.41) is 1.81. The first-order valence-corrected chi connectivity index (χ1v) is 14.2. The third-order valence-corrected chi connectivity index (χ3v) is 8.48. The Labute approximate surface area is 222 Å². The van der Waals surface area contributed by atoms with Gasteiger partial charge in [-0.2, -0.15) is 0 Å². The highest BCUT2D eigenvalue weighted by Gasteiger charge is 2.33. The second-order valence-corrected chi connectivity index (χ2v) is 11.6. The average Bonchev–Trinajstić information content (AvgIpc) is 2.87. The standard InChI is InChI=1S/C27H30ClN3O5S/c1-3-36-27(33)17-23-18-30(22-9-11-29-19(2)15-22)12-13-31(23)26(32)10-14-37(34,35)25-6-4-5-20-16-21(28)7-8-24(20)25/h4-9,11,15-16,23H,3,10,12-14,17-18H2,1-2H3. The predicted molar refractivity (Wildman–Crippen MR) is 144 cm³/mol. The summed E-state index contributed by atoms with van der Waals surface area (Å²) < 4.78 is 31.6. The van der Waals surface area contributed by atoms with E-state index in [4.69, 9.17) is 16.3 Å². The van der Waals surface area contributed by atoms with Crippen molar-refractivity contribution in [3.8, 4) is 0 Å². The fourth-order valence-electron chi connectivity index (χ4n) is 4.70. The largest absolute Gasteiger partial charge is 0.466 e. The van der Waals surface area contributed by atoms with E-state index >= 15 is 0 Å². The molecule has 0 bridgehead atoms. The number of benzene rings is 2. The fraction of sp³-hybridized carbons (Fsp3) is 0.370. The predicted octanol–water partition coefficient (Wildman–Crippen LogP) is 4.03. The number of pyridine rings is 1. The Morgan fingerprint density at radius 3 is 2.70 bits per heavy atom. The van der Waals surface area contributed by atoms with Crippen molar-refractivity contribution < 1.29 is 22.7 Å². The maximum absolute atomic E-state index is 13.3. The molecule has 0 spiro atoms. The first-order valence-electron chi connectivity index (χ1n) is 12.2. The number of halogens is 1. The molecule has 2 aromatic carbocycles. The molecular weight excluding hydrogens is 514 g/mol. The molecule has 8 nitrogen and oxygen atoms in total. The van der Waals surface area contributed by atoms with Crippen LogP contribution >= 0.6 is 11.6 Å². The molecule has 4 rings (SSSR count). The smallest absolute Gasteiger partial charge is 0.307 e. The van der Waals surface area contributed by atoms with E-state index in [0.717, 1.165) is 16.8 Å². The van der Waals surface area contributed by atoms with Crippen LogP contribution in [0.3, 0.4) is 0 Å². The van der Waals surface area contributed by atoms with E-state index in [2.05, 4.69) is 9.88 Å². The number of rotatable bonds is 8. The number of aromatic nitrogens is 1. The average molecular weight is 544 g/mol. The van der Waals surface area contributed by atoms with E-state index in [-0.39, 0.29) is 42.0 Å². The normalized spacial score (nSPS) is 16.1. The lowest BCUT2D eigenvalue weighted by Gasteiger charge is -2.42. The molecule has 37 heavy (non-hydrogen) atoms. The molecule has 0 radical (unpaired) electrons. The summed E-state index contributed by atoms with van der Waals surface area (Å²) in [6.45, 7) is 5.26. The number of hydrogen-bond acceptors (Lipinski definition) is 7. The summed E-state index contributed by atoms with van der Waals surface area (Å²) in [6, 6.07) is 13.5. The van der Waals surface area contributed by atoms with E-state index < -0.39 is 15.9 Å². The van der Waals surface area contributed by atoms with Crippen molar-refractivity contribution in [1.82, 2.24) is 9.88 Å². The van der Waals surface area contributed by atoms with Crippen LogP contribution in [0.2, 0.25) is 5.02 Å². The van der Waals surface area contributed by atoms with Gasteiger partial charge in [0.2, 0.25) is 5.91 Å². The Hall–Kier alpha value is -3.17. The second-order valence-electron chi connectivity index (χ2n) is 9.04. The van der Waals surface area contributed by atoms with Crippen molar-refractivity contribution in [3.05, 3.63) is 65.4 Å². The summed E-state index contributed by atoms with van der Waals surface area (Å²) in [5.41, 5.74) is 1.84. The number of piperazine rings is 1. The second kappa shape index (κ2) is 11.5. The van der Waals surface area contributed by atoms with Gasteiger partial charge in [0.25, 0.3) is 0 Å². The zero-order chi connectivity index (χ0) is 26.6. The van der Waals surface area contributed by atoms with Gasteiger partial charge in [-0.3, -0.25) is 14.6 Å². The number of anilines is 1. The van der Waals surface area contributed by atoms with Gasteiger partial charge in [0.1, 0.15) is 0 Å². The Balaban J connectivity index is 1.50. The van der Waals surface area contributed by atoms with Gasteiger partial charge in [-0.1, -0.05) is 29.8 Å². The molecule has 1 fully saturated rings. The minimum Gasteiger partial charge on any atom is -0.466 e. The third kappa shape index (κ3) is 6.40. The zero-order valence-electron chi connectivity index (χ0n) is 20.9. The van der Waals surface area contributed by atoms with Gasteiger partial charge in [0.15, 0.2) is 9.84 Å². The van der Waals surface area contributed by atoms with Crippen LogP contribution < -0.4 is 4.90 Å². The van der Waals surface area contributed by atoms with Crippen molar-refractivity contribution in [2.24, 2.45) is 0 Å². The van der Waals surface area contributed by atoms with Crippen LogP contribution in [-0.2, 0) is 24.2 Å². The Bertz CT molecular complexity index is 1410. The van der Waals surface area contributed by atoms with Crippen LogP contribution in [-0.4, -0.2) is 68.2 Å². The monoisotopic (exact) mass is 543 g/mol. The summed E-state index contributed by atoms with van der Waals surface area (Å²) in [6.07, 6.45) is 1.59. The molecular formula is C27H30ClN3O5S. The van der Waals surface area contributed by atoms with Gasteiger partial charge in [-0.05, 0) is 49.6 Å². The summed E-state index contributed by atoms with van der Waals surface area (Å²) >= 11 is 6.06. The number of fused-ring (bicyclic) bond motifs is 1. The molecule has 1 saturated heterocycles. The van der Waals surface area contributed by atoms with Crippen LogP contribution in [0.4, 0.5) is 5.69 Å². The number of esters is 1. The summed E-state index contributed by atoms with van der Waals surface area (Å²) in [4.78, 5) is 33.8. The summed E-state index contributed by atoms with van der Waals surface area (Å²) in [7, 11) is -3.74. The van der Waals surface area contributed by atoms with Crippen LogP contribution in [0.25, 0.3) is 10.8 Å². The minimum atomic E-state index is -3.74. The molecule has 1 aliphatic heterocycles. The van der Waals surface area contributed by atoms with Crippen LogP contribution in [0.15, 0.2) is 59.6 Å². The number of hydrogen-bond donors (Lipinski definition) is 0. The number of amides is 1. The Morgan fingerprint density at radius 1 is 1.14 bits per heavy atom. The number of sulfone groups is 1. The first-order chi connectivity index (χ1) is 17.7. The minimum absolute atomic E-state index is 0.0387. The molecule has 1 aliphatic rings. The highest BCUT2D eigenvalue weighted by molar-refractivity contribution is 7.91. The van der Waals surface area contributed by atoms with Crippen molar-refractivity contribution in [2.45, 2.75) is 37.6 Å². The molecule has 0 aliphatic carbocycles. The molecule has 0 N–H and O–H groups in total. The maximum Gasteiger partial charge on any atom is 0.307 e. The van der Waals surface area contributed by atoms with E-state index in [0.29, 0.717) is 30.0 Å².